The second-order valence-electron chi connectivity index (χ2n) is 4.98. The SMILES string of the molecule is CCCCCCCCOc1cccc([C@@H](C)N)c1. The molecule has 0 heterocycles. The van der Waals surface area contributed by atoms with Crippen molar-refractivity contribution < 1.29 is 4.74 Å². The number of unbranched alkanes of at least 4 members (excludes halogenated alkanes) is 5. The van der Waals surface area contributed by atoms with Crippen molar-refractivity contribution in [2.75, 3.05) is 6.61 Å². The van der Waals surface area contributed by atoms with Gasteiger partial charge in [0.1, 0.15) is 5.75 Å². The maximum Gasteiger partial charge on any atom is 0.119 e. The van der Waals surface area contributed by atoms with Gasteiger partial charge in [-0.05, 0) is 31.0 Å². The first-order valence-electron chi connectivity index (χ1n) is 7.22. The Morgan fingerprint density at radius 2 is 1.83 bits per heavy atom. The molecule has 0 amide bonds. The average Bonchev–Trinajstić information content (AvgIpc) is 2.38. The second-order valence-corrected chi connectivity index (χ2v) is 4.98. The van der Waals surface area contributed by atoms with Crippen LogP contribution in [0.5, 0.6) is 5.75 Å². The molecule has 0 saturated carbocycles. The summed E-state index contributed by atoms with van der Waals surface area (Å²) in [5.41, 5.74) is 6.98. The van der Waals surface area contributed by atoms with E-state index in [9.17, 15) is 0 Å². The monoisotopic (exact) mass is 249 g/mol. The van der Waals surface area contributed by atoms with E-state index in [0.29, 0.717) is 0 Å². The number of rotatable bonds is 9. The van der Waals surface area contributed by atoms with Gasteiger partial charge in [0.25, 0.3) is 0 Å². The fraction of sp³-hybridized carbons (Fsp3) is 0.625. The van der Waals surface area contributed by atoms with E-state index in [1.165, 1.54) is 32.1 Å². The van der Waals surface area contributed by atoms with Gasteiger partial charge in [0, 0.05) is 6.04 Å². The van der Waals surface area contributed by atoms with Gasteiger partial charge < -0.3 is 10.5 Å². The fourth-order valence-corrected chi connectivity index (χ4v) is 1.96. The van der Waals surface area contributed by atoms with Gasteiger partial charge in [-0.25, -0.2) is 0 Å². The Morgan fingerprint density at radius 3 is 2.56 bits per heavy atom. The van der Waals surface area contributed by atoms with Gasteiger partial charge in [0.15, 0.2) is 0 Å². The van der Waals surface area contributed by atoms with Crippen molar-refractivity contribution in [1.29, 1.82) is 0 Å². The van der Waals surface area contributed by atoms with Crippen LogP contribution in [0.4, 0.5) is 0 Å². The third-order valence-corrected chi connectivity index (χ3v) is 3.15. The standard InChI is InChI=1S/C16H27NO/c1-3-4-5-6-7-8-12-18-16-11-9-10-15(13-16)14(2)17/h9-11,13-14H,3-8,12,17H2,1-2H3/t14-/m1/s1. The van der Waals surface area contributed by atoms with Crippen molar-refractivity contribution in [3.8, 4) is 5.75 Å². The molecule has 0 bridgehead atoms. The molecule has 2 heteroatoms. The Bertz CT molecular complexity index is 323. The second kappa shape index (κ2) is 8.98. The van der Waals surface area contributed by atoms with Crippen LogP contribution in [0.15, 0.2) is 24.3 Å². The molecule has 0 spiro atoms. The summed E-state index contributed by atoms with van der Waals surface area (Å²) < 4.78 is 5.75. The van der Waals surface area contributed by atoms with Crippen LogP contribution >= 0.6 is 0 Å². The highest BCUT2D eigenvalue weighted by Gasteiger charge is 2.00. The van der Waals surface area contributed by atoms with Crippen molar-refractivity contribution in [3.05, 3.63) is 29.8 Å². The van der Waals surface area contributed by atoms with E-state index in [-0.39, 0.29) is 6.04 Å². The third-order valence-electron chi connectivity index (χ3n) is 3.15. The lowest BCUT2D eigenvalue weighted by Crippen LogP contribution is -2.05. The molecule has 2 nitrogen and oxygen atoms in total. The highest BCUT2D eigenvalue weighted by molar-refractivity contribution is 5.30. The molecular formula is C16H27NO. The van der Waals surface area contributed by atoms with Gasteiger partial charge in [-0.3, -0.25) is 0 Å². The van der Waals surface area contributed by atoms with Gasteiger partial charge >= 0.3 is 0 Å². The molecule has 1 rings (SSSR count). The van der Waals surface area contributed by atoms with Gasteiger partial charge in [0.2, 0.25) is 0 Å². The van der Waals surface area contributed by atoms with E-state index >= 15 is 0 Å². The molecule has 0 aliphatic heterocycles. The summed E-state index contributed by atoms with van der Waals surface area (Å²) in [6.07, 6.45) is 7.77. The molecule has 0 fully saturated rings. The normalized spacial score (nSPS) is 12.4. The van der Waals surface area contributed by atoms with Crippen molar-refractivity contribution in [2.24, 2.45) is 5.73 Å². The van der Waals surface area contributed by atoms with Crippen LogP contribution in [0.2, 0.25) is 0 Å². The minimum absolute atomic E-state index is 0.0718. The minimum atomic E-state index is 0.0718. The van der Waals surface area contributed by atoms with Crippen LogP contribution < -0.4 is 10.5 Å². The number of nitrogens with two attached hydrogens (primary N) is 1. The Labute approximate surface area is 112 Å². The minimum Gasteiger partial charge on any atom is -0.494 e. The summed E-state index contributed by atoms with van der Waals surface area (Å²) >= 11 is 0. The fourth-order valence-electron chi connectivity index (χ4n) is 1.96. The van der Waals surface area contributed by atoms with Crippen molar-refractivity contribution in [3.63, 3.8) is 0 Å². The van der Waals surface area contributed by atoms with Crippen LogP contribution in [0.1, 0.15) is 64.0 Å². The molecule has 1 aromatic rings. The molecule has 18 heavy (non-hydrogen) atoms. The lowest BCUT2D eigenvalue weighted by molar-refractivity contribution is 0.304. The molecular weight excluding hydrogens is 222 g/mol. The van der Waals surface area contributed by atoms with Crippen LogP contribution in [0, 0.1) is 0 Å². The lowest BCUT2D eigenvalue weighted by atomic mass is 10.1. The molecule has 0 radical (unpaired) electrons. The van der Waals surface area contributed by atoms with E-state index in [1.54, 1.807) is 0 Å². The van der Waals surface area contributed by atoms with Crippen LogP contribution in [0.3, 0.4) is 0 Å². The maximum atomic E-state index is 5.85. The average molecular weight is 249 g/mol. The summed E-state index contributed by atoms with van der Waals surface area (Å²) in [4.78, 5) is 0. The molecule has 0 aromatic heterocycles. The zero-order valence-electron chi connectivity index (χ0n) is 11.8. The Morgan fingerprint density at radius 1 is 1.11 bits per heavy atom. The summed E-state index contributed by atoms with van der Waals surface area (Å²) in [5, 5.41) is 0. The zero-order chi connectivity index (χ0) is 13.2. The first kappa shape index (κ1) is 15.0. The van der Waals surface area contributed by atoms with Crippen molar-refractivity contribution in [1.82, 2.24) is 0 Å². The van der Waals surface area contributed by atoms with Gasteiger partial charge in [-0.2, -0.15) is 0 Å². The Hall–Kier alpha value is -1.02. The van der Waals surface area contributed by atoms with Crippen LogP contribution in [-0.2, 0) is 0 Å². The summed E-state index contributed by atoms with van der Waals surface area (Å²) in [7, 11) is 0. The summed E-state index contributed by atoms with van der Waals surface area (Å²) in [6, 6.07) is 8.17. The smallest absolute Gasteiger partial charge is 0.119 e. The van der Waals surface area contributed by atoms with E-state index in [4.69, 9.17) is 10.5 Å². The number of benzene rings is 1. The molecule has 1 aromatic carbocycles. The molecule has 1 atom stereocenters. The van der Waals surface area contributed by atoms with Gasteiger partial charge in [-0.15, -0.1) is 0 Å². The molecule has 0 unspecified atom stereocenters. The summed E-state index contributed by atoms with van der Waals surface area (Å²) in [5.74, 6) is 0.943. The highest BCUT2D eigenvalue weighted by Crippen LogP contribution is 2.18. The molecule has 0 saturated heterocycles. The number of hydrogen-bond acceptors (Lipinski definition) is 2. The van der Waals surface area contributed by atoms with Crippen molar-refractivity contribution in [2.45, 2.75) is 58.4 Å². The Balaban J connectivity index is 2.17. The van der Waals surface area contributed by atoms with Gasteiger partial charge in [0.05, 0.1) is 6.61 Å². The highest BCUT2D eigenvalue weighted by atomic mass is 16.5. The van der Waals surface area contributed by atoms with E-state index in [1.807, 2.05) is 31.2 Å². The Kier molecular flexibility index (Phi) is 7.51. The molecule has 2 N–H and O–H groups in total. The largest absolute Gasteiger partial charge is 0.494 e. The third kappa shape index (κ3) is 6.06. The van der Waals surface area contributed by atoms with Crippen molar-refractivity contribution >= 4 is 0 Å². The predicted molar refractivity (Wildman–Crippen MR) is 77.9 cm³/mol. The van der Waals surface area contributed by atoms with Gasteiger partial charge in [-0.1, -0.05) is 51.2 Å². The summed E-state index contributed by atoms with van der Waals surface area (Å²) in [6.45, 7) is 5.05. The zero-order valence-corrected chi connectivity index (χ0v) is 11.8. The molecule has 0 aliphatic carbocycles. The van der Waals surface area contributed by atoms with E-state index < -0.39 is 0 Å². The lowest BCUT2D eigenvalue weighted by Gasteiger charge is -2.10. The van der Waals surface area contributed by atoms with E-state index in [0.717, 1.165) is 24.3 Å². The van der Waals surface area contributed by atoms with Crippen LogP contribution in [-0.4, -0.2) is 6.61 Å². The predicted octanol–water partition coefficient (Wildman–Crippen LogP) is 4.45. The number of hydrogen-bond donors (Lipinski definition) is 1. The quantitative estimate of drug-likeness (QED) is 0.656. The maximum absolute atomic E-state index is 5.85. The molecule has 0 aliphatic rings. The number of ether oxygens (including phenoxy) is 1. The first-order valence-corrected chi connectivity index (χ1v) is 7.22. The van der Waals surface area contributed by atoms with E-state index in [2.05, 4.69) is 6.92 Å². The first-order chi connectivity index (χ1) is 8.74. The van der Waals surface area contributed by atoms with Crippen LogP contribution in [0.25, 0.3) is 0 Å². The molecule has 102 valence electrons. The topological polar surface area (TPSA) is 35.2 Å².